The molecule has 2 aromatic rings. The first-order chi connectivity index (χ1) is 9.79. The highest BCUT2D eigenvalue weighted by Crippen LogP contribution is 2.41. The first kappa shape index (κ1) is 12.7. The van der Waals surface area contributed by atoms with Gasteiger partial charge in [-0.2, -0.15) is 5.10 Å². The molecule has 1 saturated carbocycles. The highest BCUT2D eigenvalue weighted by molar-refractivity contribution is 5.92. The molecule has 20 heavy (non-hydrogen) atoms. The minimum Gasteiger partial charge on any atom is -0.347 e. The van der Waals surface area contributed by atoms with E-state index in [1.54, 1.807) is 6.08 Å². The molecule has 1 N–H and O–H groups in total. The van der Waals surface area contributed by atoms with Crippen LogP contribution in [0.25, 0.3) is 5.69 Å². The summed E-state index contributed by atoms with van der Waals surface area (Å²) in [5.74, 6) is 0.380. The van der Waals surface area contributed by atoms with E-state index in [9.17, 15) is 4.79 Å². The van der Waals surface area contributed by atoms with Crippen LogP contribution in [-0.2, 0) is 0 Å². The molecule has 102 valence electrons. The Labute approximate surface area is 118 Å². The van der Waals surface area contributed by atoms with E-state index in [0.29, 0.717) is 18.2 Å². The summed E-state index contributed by atoms with van der Waals surface area (Å²) in [4.78, 5) is 12.0. The molecule has 0 saturated heterocycles. The van der Waals surface area contributed by atoms with Crippen molar-refractivity contribution >= 4 is 5.91 Å². The Morgan fingerprint density at radius 3 is 2.80 bits per heavy atom. The summed E-state index contributed by atoms with van der Waals surface area (Å²) in [6.07, 6.45) is 4.01. The van der Waals surface area contributed by atoms with Crippen LogP contribution >= 0.6 is 0 Å². The second-order valence-electron chi connectivity index (χ2n) is 4.97. The summed E-state index contributed by atoms with van der Waals surface area (Å²) in [5.41, 5.74) is 2.59. The molecule has 0 aliphatic heterocycles. The van der Waals surface area contributed by atoms with Crippen molar-refractivity contribution in [2.24, 2.45) is 0 Å². The maximum atomic E-state index is 12.0. The highest BCUT2D eigenvalue weighted by atomic mass is 16.1. The van der Waals surface area contributed by atoms with Crippen molar-refractivity contribution in [3.8, 4) is 5.69 Å². The molecular weight excluding hydrogens is 250 g/mol. The molecule has 0 spiro atoms. The van der Waals surface area contributed by atoms with Gasteiger partial charge < -0.3 is 5.32 Å². The van der Waals surface area contributed by atoms with Gasteiger partial charge in [0, 0.05) is 18.2 Å². The first-order valence-corrected chi connectivity index (χ1v) is 6.84. The molecular formula is C16H17N3O. The Balaban J connectivity index is 1.95. The lowest BCUT2D eigenvalue weighted by Crippen LogP contribution is -2.23. The predicted molar refractivity (Wildman–Crippen MR) is 78.1 cm³/mol. The summed E-state index contributed by atoms with van der Waals surface area (Å²) in [6.45, 7) is 4.05. The van der Waals surface area contributed by atoms with Crippen molar-refractivity contribution in [3.63, 3.8) is 0 Å². The Hall–Kier alpha value is -2.36. The van der Waals surface area contributed by atoms with Crippen molar-refractivity contribution in [3.05, 3.63) is 60.4 Å². The fourth-order valence-corrected chi connectivity index (χ4v) is 2.21. The fraction of sp³-hybridized carbons (Fsp3) is 0.250. The lowest BCUT2D eigenvalue weighted by atomic mass is 10.2. The highest BCUT2D eigenvalue weighted by Gasteiger charge is 2.29. The van der Waals surface area contributed by atoms with Gasteiger partial charge in [0.05, 0.1) is 5.69 Å². The molecule has 4 nitrogen and oxygen atoms in total. The molecule has 4 heteroatoms. The van der Waals surface area contributed by atoms with Crippen molar-refractivity contribution in [2.75, 3.05) is 6.54 Å². The third-order valence-corrected chi connectivity index (χ3v) is 3.37. The number of aromatic nitrogens is 2. The fourth-order valence-electron chi connectivity index (χ4n) is 2.21. The molecule has 0 radical (unpaired) electrons. The molecule has 1 amide bonds. The molecule has 1 aliphatic rings. The van der Waals surface area contributed by atoms with E-state index in [1.807, 2.05) is 41.1 Å². The largest absolute Gasteiger partial charge is 0.347 e. The van der Waals surface area contributed by atoms with Crippen molar-refractivity contribution < 1.29 is 4.79 Å². The Bertz CT molecular complexity index is 626. The Morgan fingerprint density at radius 1 is 1.40 bits per heavy atom. The van der Waals surface area contributed by atoms with E-state index in [4.69, 9.17) is 0 Å². The van der Waals surface area contributed by atoms with Gasteiger partial charge in [0.1, 0.15) is 0 Å². The minimum atomic E-state index is -0.151. The van der Waals surface area contributed by atoms with Crippen LogP contribution in [0, 0.1) is 0 Å². The van der Waals surface area contributed by atoms with Crippen LogP contribution in [0.2, 0.25) is 0 Å². The maximum absolute atomic E-state index is 12.0. The monoisotopic (exact) mass is 267 g/mol. The van der Waals surface area contributed by atoms with E-state index >= 15 is 0 Å². The van der Waals surface area contributed by atoms with E-state index in [0.717, 1.165) is 11.4 Å². The molecule has 1 aromatic heterocycles. The topological polar surface area (TPSA) is 46.9 Å². The number of carbonyl (C=O) groups excluding carboxylic acids is 1. The summed E-state index contributed by atoms with van der Waals surface area (Å²) in [7, 11) is 0. The third kappa shape index (κ3) is 2.50. The quantitative estimate of drug-likeness (QED) is 0.847. The molecule has 3 rings (SSSR count). The molecule has 1 fully saturated rings. The van der Waals surface area contributed by atoms with Gasteiger partial charge in [-0.05, 0) is 31.0 Å². The van der Waals surface area contributed by atoms with Crippen LogP contribution in [0.1, 0.15) is 34.9 Å². The van der Waals surface area contributed by atoms with Crippen LogP contribution < -0.4 is 5.32 Å². The van der Waals surface area contributed by atoms with E-state index in [-0.39, 0.29) is 5.91 Å². The molecule has 0 bridgehead atoms. The number of para-hydroxylation sites is 1. The third-order valence-electron chi connectivity index (χ3n) is 3.37. The molecule has 0 unspecified atom stereocenters. The number of carbonyl (C=O) groups is 1. The summed E-state index contributed by atoms with van der Waals surface area (Å²) in [5, 5.41) is 7.23. The zero-order valence-electron chi connectivity index (χ0n) is 11.2. The maximum Gasteiger partial charge on any atom is 0.272 e. The second-order valence-corrected chi connectivity index (χ2v) is 4.97. The zero-order chi connectivity index (χ0) is 13.9. The number of rotatable bonds is 5. The SMILES string of the molecule is C=CCNC(=O)c1cc(C2CC2)n(-c2ccccc2)n1. The van der Waals surface area contributed by atoms with Gasteiger partial charge in [-0.25, -0.2) is 4.68 Å². The van der Waals surface area contributed by atoms with Crippen molar-refractivity contribution in [1.29, 1.82) is 0 Å². The van der Waals surface area contributed by atoms with Crippen molar-refractivity contribution in [2.45, 2.75) is 18.8 Å². The molecule has 1 aliphatic carbocycles. The summed E-state index contributed by atoms with van der Waals surface area (Å²) < 4.78 is 1.89. The van der Waals surface area contributed by atoms with Gasteiger partial charge in [0.25, 0.3) is 5.91 Å². The number of nitrogens with one attached hydrogen (secondary N) is 1. The normalized spacial score (nSPS) is 14.0. The van der Waals surface area contributed by atoms with Crippen LogP contribution in [-0.4, -0.2) is 22.2 Å². The number of benzene rings is 1. The van der Waals surface area contributed by atoms with Gasteiger partial charge in [0.2, 0.25) is 0 Å². The Kier molecular flexibility index (Phi) is 3.37. The second kappa shape index (κ2) is 5.33. The van der Waals surface area contributed by atoms with Gasteiger partial charge >= 0.3 is 0 Å². The smallest absolute Gasteiger partial charge is 0.272 e. The van der Waals surface area contributed by atoms with Crippen LogP contribution in [0.5, 0.6) is 0 Å². The average Bonchev–Trinajstić information content (AvgIpc) is 3.24. The lowest BCUT2D eigenvalue weighted by Gasteiger charge is -2.05. The average molecular weight is 267 g/mol. The number of amides is 1. The molecule has 0 atom stereocenters. The zero-order valence-corrected chi connectivity index (χ0v) is 11.2. The molecule has 1 heterocycles. The standard InChI is InChI=1S/C16H17N3O/c1-2-10-17-16(20)14-11-15(12-8-9-12)19(18-14)13-6-4-3-5-7-13/h2-7,11-12H,1,8-10H2,(H,17,20). The van der Waals surface area contributed by atoms with Gasteiger partial charge in [0.15, 0.2) is 5.69 Å². The van der Waals surface area contributed by atoms with Crippen LogP contribution in [0.15, 0.2) is 49.1 Å². The minimum absolute atomic E-state index is 0.151. The van der Waals surface area contributed by atoms with Crippen LogP contribution in [0.3, 0.4) is 0 Å². The lowest BCUT2D eigenvalue weighted by molar-refractivity contribution is 0.0952. The number of hydrogen-bond acceptors (Lipinski definition) is 2. The van der Waals surface area contributed by atoms with E-state index in [2.05, 4.69) is 17.0 Å². The summed E-state index contributed by atoms with van der Waals surface area (Å²) in [6, 6.07) is 11.8. The number of hydrogen-bond donors (Lipinski definition) is 1. The van der Waals surface area contributed by atoms with Gasteiger partial charge in [-0.1, -0.05) is 24.3 Å². The first-order valence-electron chi connectivity index (χ1n) is 6.84. The summed E-state index contributed by atoms with van der Waals surface area (Å²) >= 11 is 0. The molecule has 1 aromatic carbocycles. The number of nitrogens with zero attached hydrogens (tertiary/aromatic N) is 2. The van der Waals surface area contributed by atoms with Gasteiger partial charge in [-0.3, -0.25) is 4.79 Å². The predicted octanol–water partition coefficient (Wildman–Crippen LogP) is 2.67. The Morgan fingerprint density at radius 2 is 2.15 bits per heavy atom. The van der Waals surface area contributed by atoms with E-state index in [1.165, 1.54) is 12.8 Å². The van der Waals surface area contributed by atoms with Crippen molar-refractivity contribution in [1.82, 2.24) is 15.1 Å². The van der Waals surface area contributed by atoms with E-state index < -0.39 is 0 Å². The van der Waals surface area contributed by atoms with Gasteiger partial charge in [-0.15, -0.1) is 6.58 Å². The van der Waals surface area contributed by atoms with Crippen LogP contribution in [0.4, 0.5) is 0 Å².